The number of rotatable bonds is 3. The largest absolute Gasteiger partial charge is 0.448 e. The smallest absolute Gasteiger partial charge is 0.251 e. The van der Waals surface area contributed by atoms with Crippen molar-refractivity contribution in [2.75, 3.05) is 5.32 Å². The Bertz CT molecular complexity index is 598. The number of carbonyl (C=O) groups excluding carboxylic acids is 1. The summed E-state index contributed by atoms with van der Waals surface area (Å²) in [7, 11) is 0. The summed E-state index contributed by atoms with van der Waals surface area (Å²) in [6.07, 6.45) is 11.0. The van der Waals surface area contributed by atoms with E-state index in [1.807, 2.05) is 37.3 Å². The summed E-state index contributed by atoms with van der Waals surface area (Å²) in [4.78, 5) is 11.7. The first-order valence-electron chi connectivity index (χ1n) is 7.33. The third-order valence-electron chi connectivity index (χ3n) is 3.72. The third kappa shape index (κ3) is 2.94. The second-order valence-electron chi connectivity index (χ2n) is 5.36. The lowest BCUT2D eigenvalue weighted by Gasteiger charge is -2.21. The zero-order valence-corrected chi connectivity index (χ0v) is 12.1. The van der Waals surface area contributed by atoms with E-state index in [0.717, 1.165) is 31.4 Å². The molecule has 2 aliphatic rings. The Morgan fingerprint density at radius 3 is 2.71 bits per heavy atom. The molecule has 1 aliphatic heterocycles. The summed E-state index contributed by atoms with van der Waals surface area (Å²) in [5, 5.41) is 2.81. The molecule has 1 N–H and O–H groups in total. The third-order valence-corrected chi connectivity index (χ3v) is 3.72. The Hall–Kier alpha value is -2.23. The molecule has 1 spiro atoms. The number of allylic oxidation sites excluding steroid dienone is 3. The highest BCUT2D eigenvalue weighted by atomic mass is 16.7. The molecule has 0 saturated heterocycles. The molecule has 1 amide bonds. The van der Waals surface area contributed by atoms with Crippen LogP contribution in [0.5, 0.6) is 11.5 Å². The van der Waals surface area contributed by atoms with Crippen LogP contribution < -0.4 is 14.8 Å². The summed E-state index contributed by atoms with van der Waals surface area (Å²) in [6.45, 7) is 1.90. The molecule has 1 aromatic rings. The molecule has 3 rings (SSSR count). The zero-order valence-electron chi connectivity index (χ0n) is 12.1. The quantitative estimate of drug-likeness (QED) is 0.678. The molecule has 4 nitrogen and oxygen atoms in total. The lowest BCUT2D eigenvalue weighted by Crippen LogP contribution is -2.34. The Morgan fingerprint density at radius 2 is 1.95 bits per heavy atom. The highest BCUT2D eigenvalue weighted by Gasteiger charge is 2.44. The highest BCUT2D eigenvalue weighted by molar-refractivity contribution is 5.99. The molecule has 0 radical (unpaired) electrons. The van der Waals surface area contributed by atoms with Gasteiger partial charge in [0.1, 0.15) is 0 Å². The number of nitrogens with one attached hydrogen (secondary N) is 1. The lowest BCUT2D eigenvalue weighted by molar-refractivity contribution is -0.111. The van der Waals surface area contributed by atoms with Gasteiger partial charge in [-0.25, -0.2) is 0 Å². The van der Waals surface area contributed by atoms with Gasteiger partial charge >= 0.3 is 0 Å². The van der Waals surface area contributed by atoms with Gasteiger partial charge in [-0.1, -0.05) is 18.2 Å². The molecule has 1 saturated carbocycles. The normalized spacial score (nSPS) is 18.9. The minimum Gasteiger partial charge on any atom is -0.448 e. The maximum Gasteiger partial charge on any atom is 0.251 e. The molecular formula is C17H19NO3. The number of amides is 1. The molecule has 1 fully saturated rings. The molecule has 0 bridgehead atoms. The van der Waals surface area contributed by atoms with Crippen LogP contribution in [-0.2, 0) is 4.79 Å². The fraction of sp³-hybridized carbons (Fsp3) is 0.353. The van der Waals surface area contributed by atoms with Crippen LogP contribution in [0.3, 0.4) is 0 Å². The van der Waals surface area contributed by atoms with Crippen molar-refractivity contribution in [2.24, 2.45) is 0 Å². The molecule has 0 unspecified atom stereocenters. The molecule has 1 aromatic carbocycles. The van der Waals surface area contributed by atoms with E-state index in [2.05, 4.69) is 5.32 Å². The van der Waals surface area contributed by atoms with Gasteiger partial charge in [-0.2, -0.15) is 0 Å². The van der Waals surface area contributed by atoms with E-state index < -0.39 is 5.79 Å². The van der Waals surface area contributed by atoms with Crippen LogP contribution in [0.1, 0.15) is 32.6 Å². The minimum absolute atomic E-state index is 0.164. The second-order valence-corrected chi connectivity index (χ2v) is 5.36. The first-order valence-corrected chi connectivity index (χ1v) is 7.33. The van der Waals surface area contributed by atoms with E-state index in [4.69, 9.17) is 9.47 Å². The summed E-state index contributed by atoms with van der Waals surface area (Å²) in [5.74, 6) is 0.852. The van der Waals surface area contributed by atoms with Crippen molar-refractivity contribution in [3.63, 3.8) is 0 Å². The first kappa shape index (κ1) is 13.7. The number of benzene rings is 1. The zero-order chi connectivity index (χ0) is 14.7. The fourth-order valence-electron chi connectivity index (χ4n) is 2.73. The second kappa shape index (κ2) is 5.64. The van der Waals surface area contributed by atoms with Gasteiger partial charge in [0.25, 0.3) is 5.79 Å². The Labute approximate surface area is 124 Å². The number of ether oxygens (including phenoxy) is 2. The summed E-state index contributed by atoms with van der Waals surface area (Å²) >= 11 is 0. The summed E-state index contributed by atoms with van der Waals surface area (Å²) in [5.41, 5.74) is 0.711. The van der Waals surface area contributed by atoms with Gasteiger partial charge in [-0.15, -0.1) is 0 Å². The van der Waals surface area contributed by atoms with E-state index in [9.17, 15) is 4.79 Å². The van der Waals surface area contributed by atoms with Crippen molar-refractivity contribution in [1.29, 1.82) is 0 Å². The molecular weight excluding hydrogens is 266 g/mol. The summed E-state index contributed by atoms with van der Waals surface area (Å²) < 4.78 is 11.9. The van der Waals surface area contributed by atoms with Crippen LogP contribution in [-0.4, -0.2) is 11.7 Å². The standard InChI is InChI=1S/C17H19NO3/c1-2-3-4-7-16(19)18-13-8-9-14-15(12-13)21-17(20-14)10-5-6-11-17/h2-4,7-9,12H,5-6,10-11H2,1H3,(H,18,19)/b3-2+,7-4+. The first-order chi connectivity index (χ1) is 10.2. The Morgan fingerprint density at radius 1 is 1.19 bits per heavy atom. The van der Waals surface area contributed by atoms with Crippen LogP contribution >= 0.6 is 0 Å². The van der Waals surface area contributed by atoms with Gasteiger partial charge in [0.2, 0.25) is 5.91 Å². The van der Waals surface area contributed by atoms with Crippen LogP contribution in [0.25, 0.3) is 0 Å². The van der Waals surface area contributed by atoms with E-state index >= 15 is 0 Å². The predicted octanol–water partition coefficient (Wildman–Crippen LogP) is 3.80. The van der Waals surface area contributed by atoms with Crippen molar-refractivity contribution >= 4 is 11.6 Å². The van der Waals surface area contributed by atoms with Gasteiger partial charge in [-0.3, -0.25) is 4.79 Å². The van der Waals surface area contributed by atoms with E-state index in [-0.39, 0.29) is 5.91 Å². The van der Waals surface area contributed by atoms with E-state index in [1.165, 1.54) is 6.08 Å². The van der Waals surface area contributed by atoms with E-state index in [0.29, 0.717) is 11.4 Å². The van der Waals surface area contributed by atoms with Crippen molar-refractivity contribution in [2.45, 2.75) is 38.4 Å². The van der Waals surface area contributed by atoms with Gasteiger partial charge in [0, 0.05) is 30.7 Å². The van der Waals surface area contributed by atoms with Crippen molar-refractivity contribution in [1.82, 2.24) is 0 Å². The van der Waals surface area contributed by atoms with Crippen molar-refractivity contribution < 1.29 is 14.3 Å². The van der Waals surface area contributed by atoms with Crippen molar-refractivity contribution in [3.05, 3.63) is 42.5 Å². The van der Waals surface area contributed by atoms with Crippen LogP contribution in [0.2, 0.25) is 0 Å². The average molecular weight is 285 g/mol. The molecule has 1 heterocycles. The molecule has 0 aromatic heterocycles. The number of hydrogen-bond acceptors (Lipinski definition) is 3. The van der Waals surface area contributed by atoms with Gasteiger partial charge in [0.05, 0.1) is 0 Å². The van der Waals surface area contributed by atoms with E-state index in [1.54, 1.807) is 6.08 Å². The topological polar surface area (TPSA) is 47.6 Å². The molecule has 0 atom stereocenters. The molecule has 21 heavy (non-hydrogen) atoms. The number of hydrogen-bond donors (Lipinski definition) is 1. The van der Waals surface area contributed by atoms with Gasteiger partial charge in [-0.05, 0) is 31.9 Å². The Kier molecular flexibility index (Phi) is 3.69. The van der Waals surface area contributed by atoms with Gasteiger partial charge < -0.3 is 14.8 Å². The average Bonchev–Trinajstić information content (AvgIpc) is 3.05. The fourth-order valence-corrected chi connectivity index (χ4v) is 2.73. The molecule has 4 heteroatoms. The van der Waals surface area contributed by atoms with Crippen molar-refractivity contribution in [3.8, 4) is 11.5 Å². The number of carbonyl (C=O) groups is 1. The lowest BCUT2D eigenvalue weighted by atomic mass is 10.2. The van der Waals surface area contributed by atoms with Gasteiger partial charge in [0.15, 0.2) is 11.5 Å². The van der Waals surface area contributed by atoms with Crippen LogP contribution in [0.4, 0.5) is 5.69 Å². The highest BCUT2D eigenvalue weighted by Crippen LogP contribution is 2.47. The number of anilines is 1. The predicted molar refractivity (Wildman–Crippen MR) is 81.5 cm³/mol. The Balaban J connectivity index is 1.69. The van der Waals surface area contributed by atoms with Crippen LogP contribution in [0.15, 0.2) is 42.5 Å². The number of fused-ring (bicyclic) bond motifs is 1. The summed E-state index contributed by atoms with van der Waals surface area (Å²) in [6, 6.07) is 5.51. The SMILES string of the molecule is C/C=C/C=C/C(=O)Nc1ccc2c(c1)OC1(CCCC1)O2. The monoisotopic (exact) mass is 285 g/mol. The molecule has 110 valence electrons. The minimum atomic E-state index is -0.462. The maximum absolute atomic E-state index is 11.7. The molecule has 1 aliphatic carbocycles. The van der Waals surface area contributed by atoms with Crippen LogP contribution in [0, 0.1) is 0 Å². The maximum atomic E-state index is 11.7.